The van der Waals surface area contributed by atoms with Crippen LogP contribution < -0.4 is 78.6 Å². The lowest BCUT2D eigenvalue weighted by molar-refractivity contribution is -0.138. The van der Waals surface area contributed by atoms with Gasteiger partial charge < -0.3 is 116 Å². The number of aliphatic carboxylic acids is 5. The third-order valence-corrected chi connectivity index (χ3v) is 20.6. The van der Waals surface area contributed by atoms with Crippen molar-refractivity contribution in [2.75, 3.05) is 72.2 Å². The second kappa shape index (κ2) is 44.5. The zero-order chi connectivity index (χ0) is 97.7. The highest BCUT2D eigenvalue weighted by molar-refractivity contribution is 7.13. The number of benzene rings is 4. The molecule has 0 atom stereocenters. The Labute approximate surface area is 752 Å². The number of nitrogens with zero attached hydrogens (tertiary/aromatic N) is 8. The predicted octanol–water partition coefficient (Wildman–Crippen LogP) is 2.41. The normalized spacial score (nSPS) is 12.4. The van der Waals surface area contributed by atoms with Crippen LogP contribution in [0.15, 0.2) is 125 Å². The van der Waals surface area contributed by atoms with E-state index in [0.29, 0.717) is 103 Å². The third-order valence-electron chi connectivity index (χ3n) is 19.7. The van der Waals surface area contributed by atoms with Crippen molar-refractivity contribution in [1.29, 1.82) is 0 Å². The highest BCUT2D eigenvalue weighted by atomic mass is 32.1. The number of aromatic hydroxyl groups is 5. The zero-order valence-electron chi connectivity index (χ0n) is 70.8. The van der Waals surface area contributed by atoms with Crippen molar-refractivity contribution in [3.63, 3.8) is 0 Å². The quantitative estimate of drug-likeness (QED) is 0.0307. The van der Waals surface area contributed by atoms with Gasteiger partial charge >= 0.3 is 47.7 Å². The van der Waals surface area contributed by atoms with Crippen molar-refractivity contribution < 1.29 is 150 Å². The van der Waals surface area contributed by atoms with Crippen LogP contribution in [0.5, 0.6) is 28.7 Å². The lowest BCUT2D eigenvalue weighted by Crippen LogP contribution is -2.40. The molecule has 14 rings (SSSR count). The molecule has 0 unspecified atom stereocenters. The summed E-state index contributed by atoms with van der Waals surface area (Å²) in [4.78, 5) is 222. The number of aryl methyl sites for hydroxylation is 1. The van der Waals surface area contributed by atoms with Gasteiger partial charge in [0, 0.05) is 21.9 Å². The second-order valence-electron chi connectivity index (χ2n) is 28.7. The number of para-hydroxylation sites is 4. The van der Waals surface area contributed by atoms with Crippen LogP contribution in [0.25, 0.3) is 43.1 Å². The fourth-order valence-corrected chi connectivity index (χ4v) is 14.4. The first-order valence-corrected chi connectivity index (χ1v) is 41.1. The van der Waals surface area contributed by atoms with Gasteiger partial charge in [0.15, 0.2) is 33.7 Å². The SMILES string of the molecule is CCCOn1c2c(c(O)c(C(=O)NCC(=O)O)c1=O)CCCC2.CCOn1c(=O)c(C(=O)NCC(=O)O)c(O)c2c(C)nsc21.O=C(O)CNC(=O)c1c(O)c2c(n(OCc3ccc(C(F)(F)F)cc3)c1=O)CCCC2.O=C(O)CNC(=O)c1c(O)c2ccccc2n(OCCN2CCOC2=O)c1=O.O=C(O)CNC(=O)c1c(O)c2ccccc2n(OCc2nc3ccccc3o2)c1=O. The number of oxazole rings is 1. The number of alkyl halides is 3. The maximum atomic E-state index is 12.9. The van der Waals surface area contributed by atoms with Crippen LogP contribution in [-0.4, -0.2) is 227 Å². The molecule has 0 spiro atoms. The zero-order valence-corrected chi connectivity index (χ0v) is 71.6. The summed E-state index contributed by atoms with van der Waals surface area (Å²) in [5.74, 6) is -13.9. The number of nitrogens with one attached hydrogen (secondary N) is 5. The number of fused-ring (bicyclic) bond motifs is 6. The number of ether oxygens (including phenoxy) is 1. The Morgan fingerprint density at radius 2 is 0.873 bits per heavy atom. The van der Waals surface area contributed by atoms with Gasteiger partial charge in [-0.3, -0.25) is 71.9 Å². The molecule has 710 valence electrons. The molecule has 15 N–H and O–H groups in total. The number of aromatic nitrogens is 7. The molecule has 3 aliphatic rings. The summed E-state index contributed by atoms with van der Waals surface area (Å²) >= 11 is 0.950. The highest BCUT2D eigenvalue weighted by Crippen LogP contribution is 2.36. The maximum Gasteiger partial charge on any atom is 0.416 e. The number of carbonyl (C=O) groups is 11. The van der Waals surface area contributed by atoms with Gasteiger partial charge in [-0.2, -0.15) is 17.5 Å². The van der Waals surface area contributed by atoms with Crippen LogP contribution in [0.2, 0.25) is 0 Å². The summed E-state index contributed by atoms with van der Waals surface area (Å²) in [7, 11) is 0. The van der Waals surface area contributed by atoms with Crippen molar-refractivity contribution in [3.05, 3.63) is 222 Å². The van der Waals surface area contributed by atoms with Gasteiger partial charge in [-0.05, 0) is 137 Å². The summed E-state index contributed by atoms with van der Waals surface area (Å²) in [6.45, 7) is 2.39. The number of hydrogen-bond acceptors (Lipinski definition) is 31. The van der Waals surface area contributed by atoms with E-state index in [4.69, 9.17) is 58.9 Å². The molecule has 0 bridgehead atoms. The average molecular weight is 1890 g/mol. The molecular weight excluding hydrogens is 1810 g/mol. The number of hydrogen-bond donors (Lipinski definition) is 15. The molecule has 50 heteroatoms. The van der Waals surface area contributed by atoms with E-state index in [-0.39, 0.29) is 83.2 Å². The van der Waals surface area contributed by atoms with E-state index in [1.165, 1.54) is 41.3 Å². The number of carbonyl (C=O) groups excluding carboxylic acids is 6. The third kappa shape index (κ3) is 23.5. The van der Waals surface area contributed by atoms with Crippen molar-refractivity contribution >= 4 is 120 Å². The first-order valence-electron chi connectivity index (χ1n) is 40.4. The second-order valence-corrected chi connectivity index (χ2v) is 29.5. The molecule has 2 aliphatic carbocycles. The molecule has 1 aliphatic heterocycles. The Hall–Kier alpha value is -16.7. The number of carboxylic acid groups (broad SMARTS) is 5. The minimum atomic E-state index is -4.48. The molecule has 4 aromatic carbocycles. The van der Waals surface area contributed by atoms with Gasteiger partial charge in [0.2, 0.25) is 5.89 Å². The monoisotopic (exact) mass is 1890 g/mol. The molecule has 134 heavy (non-hydrogen) atoms. The number of cyclic esters (lactones) is 1. The fourth-order valence-electron chi connectivity index (χ4n) is 13.6. The Morgan fingerprint density at radius 3 is 1.31 bits per heavy atom. The summed E-state index contributed by atoms with van der Waals surface area (Å²) in [6, 6.07) is 23.7. The Balaban J connectivity index is 0.000000174. The molecule has 7 aromatic heterocycles. The summed E-state index contributed by atoms with van der Waals surface area (Å²) in [5, 5.41) is 106. The van der Waals surface area contributed by atoms with Crippen LogP contribution in [0, 0.1) is 6.92 Å². The van der Waals surface area contributed by atoms with Crippen molar-refractivity contribution in [1.82, 2.24) is 64.5 Å². The molecule has 0 radical (unpaired) electrons. The van der Waals surface area contributed by atoms with E-state index >= 15 is 0 Å². The Kier molecular flexibility index (Phi) is 33.0. The van der Waals surface area contributed by atoms with E-state index in [1.807, 2.05) is 22.9 Å². The Morgan fingerprint density at radius 1 is 0.470 bits per heavy atom. The average Bonchev–Trinajstić information content (AvgIpc) is 1.53. The van der Waals surface area contributed by atoms with Gasteiger partial charge in [0.25, 0.3) is 51.8 Å². The maximum absolute atomic E-state index is 12.9. The largest absolute Gasteiger partial charge is 0.507 e. The van der Waals surface area contributed by atoms with Gasteiger partial charge in [-0.25, -0.2) is 9.78 Å². The van der Waals surface area contributed by atoms with Crippen molar-refractivity contribution in [2.24, 2.45) is 0 Å². The highest BCUT2D eigenvalue weighted by Gasteiger charge is 2.35. The van der Waals surface area contributed by atoms with Gasteiger partial charge in [0.1, 0.15) is 111 Å². The number of pyridine rings is 5. The summed E-state index contributed by atoms with van der Waals surface area (Å²) < 4.78 is 57.0. The van der Waals surface area contributed by atoms with E-state index in [9.17, 15) is 115 Å². The van der Waals surface area contributed by atoms with Crippen LogP contribution in [0.3, 0.4) is 0 Å². The van der Waals surface area contributed by atoms with E-state index in [2.05, 4.69) is 20.0 Å². The first kappa shape index (κ1) is 99.4. The molecule has 1 saturated heterocycles. The molecule has 46 nitrogen and oxygen atoms in total. The standard InChI is InChI=1S/C20H19F3N2O6.C20H15N3O7.C17H17N3O8.C15H20N2O6.C12H13N3O6S/c21-20(22,23)12-7-5-11(6-8-12)10-31-25-14-4-2-1-3-13(14)17(28)16(19(25)30)18(29)24-9-15(26)27;24-16(25)9-21-19(27)17-18(26)11-5-1-3-7-13(11)23(20(17)28)29-10-15-22-12-6-2-4-8-14(12)30-15;21-12(22)9-18-15(24)13-14(23)10-3-1-2-4-11(10)20(16(13)25)28-8-6-19-5-7-27-17(19)26;1-2-7-23-17-10-6-4-3-5-9(10)13(20)12(15(17)22)14(21)16-8-11(18)19;1-3-21-15-11(20)8(10(19)13-4-6(16)17)9(18)7-5(2)14-22-12(7)15/h5-8,28H,1-4,9-10H2,(H,24,29)(H,26,27);1-8,26H,9-10H2,(H,21,27)(H,24,25);1-4,23H,5-9H2,(H,18,24)(H,21,22);20H,2-8H2,1H3,(H,16,21)(H,18,19);18H,3-4H2,1-2H3,(H,13,19)(H,16,17). The summed E-state index contributed by atoms with van der Waals surface area (Å²) in [5.41, 5.74) is -4.12. The van der Waals surface area contributed by atoms with Crippen molar-refractivity contribution in [2.45, 2.75) is 97.9 Å². The number of rotatable bonds is 30. The van der Waals surface area contributed by atoms with Crippen molar-refractivity contribution in [3.8, 4) is 28.7 Å². The van der Waals surface area contributed by atoms with Crippen LogP contribution >= 0.6 is 11.5 Å². The predicted molar refractivity (Wildman–Crippen MR) is 457 cm³/mol. The van der Waals surface area contributed by atoms with Crippen LogP contribution in [0.1, 0.15) is 143 Å². The molecule has 0 saturated carbocycles. The van der Waals surface area contributed by atoms with E-state index in [0.717, 1.165) is 60.2 Å². The number of amides is 6. The molecular formula is C84H84F3N13O33S. The lowest BCUT2D eigenvalue weighted by atomic mass is 9.93. The number of halogens is 3. The fraction of sp³-hybridized carbons (Fsp3) is 0.310. The molecule has 11 aromatic rings. The summed E-state index contributed by atoms with van der Waals surface area (Å²) in [6.07, 6.45) is 0.720. The van der Waals surface area contributed by atoms with Crippen LogP contribution in [-0.2, 0) is 73.8 Å². The molecule has 1 fully saturated rings. The van der Waals surface area contributed by atoms with Gasteiger partial charge in [-0.1, -0.05) is 55.5 Å². The van der Waals surface area contributed by atoms with Crippen LogP contribution in [0.4, 0.5) is 18.0 Å². The van der Waals surface area contributed by atoms with E-state index < -0.39 is 189 Å². The van der Waals surface area contributed by atoms with Gasteiger partial charge in [0.05, 0.1) is 52.2 Å². The van der Waals surface area contributed by atoms with Gasteiger partial charge in [-0.15, -0.1) is 23.7 Å². The molecule has 8 heterocycles. The lowest BCUT2D eigenvalue weighted by Gasteiger charge is -2.23. The minimum Gasteiger partial charge on any atom is -0.507 e. The smallest absolute Gasteiger partial charge is 0.416 e. The Bertz CT molecular complexity index is 6690. The van der Waals surface area contributed by atoms with E-state index in [1.54, 1.807) is 62.4 Å². The first-order chi connectivity index (χ1) is 63.8. The molecule has 6 amide bonds. The topological polar surface area (TPSA) is 658 Å². The minimum absolute atomic E-state index is 0.0695. The number of carboxylic acids is 5.